The molecule has 0 bridgehead atoms. The van der Waals surface area contributed by atoms with Crippen molar-refractivity contribution in [1.82, 2.24) is 10.2 Å². The molecule has 1 saturated heterocycles. The smallest absolute Gasteiger partial charge is 0.222 e. The zero-order chi connectivity index (χ0) is 18.0. The van der Waals surface area contributed by atoms with Gasteiger partial charge in [0.25, 0.3) is 0 Å². The first-order valence-corrected chi connectivity index (χ1v) is 9.36. The average molecular weight is 346 g/mol. The highest BCUT2D eigenvalue weighted by Crippen LogP contribution is 2.41. The van der Waals surface area contributed by atoms with Gasteiger partial charge in [-0.3, -0.25) is 9.69 Å². The molecule has 3 atom stereocenters. The van der Waals surface area contributed by atoms with Crippen molar-refractivity contribution in [2.75, 3.05) is 13.7 Å². The van der Waals surface area contributed by atoms with E-state index in [9.17, 15) is 9.90 Å². The van der Waals surface area contributed by atoms with Gasteiger partial charge in [0.05, 0.1) is 25.7 Å². The number of nitrogens with one attached hydrogen (secondary N) is 1. The van der Waals surface area contributed by atoms with Crippen LogP contribution in [0.25, 0.3) is 0 Å². The Kier molecular flexibility index (Phi) is 5.64. The fraction of sp³-hybridized carbons (Fsp3) is 0.650. The number of aliphatic hydroxyl groups excluding tert-OH is 1. The maximum Gasteiger partial charge on any atom is 0.222 e. The highest BCUT2D eigenvalue weighted by atomic mass is 16.5. The third-order valence-electron chi connectivity index (χ3n) is 5.40. The van der Waals surface area contributed by atoms with Gasteiger partial charge in [0, 0.05) is 18.6 Å². The van der Waals surface area contributed by atoms with Crippen molar-refractivity contribution in [3.8, 4) is 5.75 Å². The van der Waals surface area contributed by atoms with Crippen LogP contribution in [0.5, 0.6) is 5.75 Å². The van der Waals surface area contributed by atoms with Crippen LogP contribution in [0.4, 0.5) is 0 Å². The lowest BCUT2D eigenvalue weighted by molar-refractivity contribution is -0.124. The topological polar surface area (TPSA) is 61.8 Å². The fourth-order valence-electron chi connectivity index (χ4n) is 3.72. The standard InChI is InChI=1S/C20H30N2O3/c1-13(2)18(23)12-19(24)21-17-9-10-22(15-7-8-15)20(17)14-5-4-6-16(11-14)25-3/h4-6,11,13,15,17-18,20,23H,7-10,12H2,1-3H3,(H,21,24). The summed E-state index contributed by atoms with van der Waals surface area (Å²) in [6.45, 7) is 4.87. The lowest BCUT2D eigenvalue weighted by Gasteiger charge is -2.29. The molecule has 5 nitrogen and oxygen atoms in total. The van der Waals surface area contributed by atoms with Crippen LogP contribution in [0.3, 0.4) is 0 Å². The molecule has 1 aliphatic heterocycles. The molecule has 5 heteroatoms. The van der Waals surface area contributed by atoms with Crippen molar-refractivity contribution in [1.29, 1.82) is 0 Å². The monoisotopic (exact) mass is 346 g/mol. The Balaban J connectivity index is 1.74. The second-order valence-corrected chi connectivity index (χ2v) is 7.67. The van der Waals surface area contributed by atoms with Crippen LogP contribution in [0, 0.1) is 5.92 Å². The molecule has 3 unspecified atom stereocenters. The summed E-state index contributed by atoms with van der Waals surface area (Å²) >= 11 is 0. The van der Waals surface area contributed by atoms with E-state index in [0.717, 1.165) is 18.7 Å². The van der Waals surface area contributed by atoms with Crippen molar-refractivity contribution >= 4 is 5.91 Å². The Morgan fingerprint density at radius 1 is 1.36 bits per heavy atom. The maximum atomic E-state index is 12.4. The number of hydrogen-bond acceptors (Lipinski definition) is 4. The first kappa shape index (κ1) is 18.2. The SMILES string of the molecule is COc1cccc(C2C(NC(=O)CC(O)C(C)C)CCN2C2CC2)c1. The number of carbonyl (C=O) groups excluding carboxylic acids is 1. The Hall–Kier alpha value is -1.59. The molecule has 0 aromatic heterocycles. The molecule has 0 spiro atoms. The summed E-state index contributed by atoms with van der Waals surface area (Å²) in [7, 11) is 1.68. The first-order chi connectivity index (χ1) is 12.0. The van der Waals surface area contributed by atoms with E-state index in [0.29, 0.717) is 6.04 Å². The van der Waals surface area contributed by atoms with Crippen LogP contribution in [0.2, 0.25) is 0 Å². The summed E-state index contributed by atoms with van der Waals surface area (Å²) in [4.78, 5) is 14.9. The third kappa shape index (κ3) is 4.33. The number of nitrogens with zero attached hydrogens (tertiary/aromatic N) is 1. The second kappa shape index (κ2) is 7.75. The Bertz CT molecular complexity index is 600. The van der Waals surface area contributed by atoms with E-state index in [-0.39, 0.29) is 30.3 Å². The molecule has 2 fully saturated rings. The quantitative estimate of drug-likeness (QED) is 0.796. The number of benzene rings is 1. The fourth-order valence-corrected chi connectivity index (χ4v) is 3.72. The maximum absolute atomic E-state index is 12.4. The second-order valence-electron chi connectivity index (χ2n) is 7.67. The highest BCUT2D eigenvalue weighted by molar-refractivity contribution is 5.77. The molecule has 1 saturated carbocycles. The number of methoxy groups -OCH3 is 1. The summed E-state index contributed by atoms with van der Waals surface area (Å²) in [5.74, 6) is 0.878. The van der Waals surface area contributed by atoms with Gasteiger partial charge in [-0.2, -0.15) is 0 Å². The normalized spacial score (nSPS) is 25.2. The van der Waals surface area contributed by atoms with Gasteiger partial charge in [-0.1, -0.05) is 26.0 Å². The molecule has 0 radical (unpaired) electrons. The van der Waals surface area contributed by atoms with E-state index in [2.05, 4.69) is 22.3 Å². The van der Waals surface area contributed by atoms with Crippen molar-refractivity contribution in [2.45, 2.75) is 63.8 Å². The summed E-state index contributed by atoms with van der Waals surface area (Å²) < 4.78 is 5.38. The summed E-state index contributed by atoms with van der Waals surface area (Å²) in [6, 6.07) is 9.07. The largest absolute Gasteiger partial charge is 0.497 e. The molecule has 1 amide bonds. The Morgan fingerprint density at radius 3 is 2.76 bits per heavy atom. The van der Waals surface area contributed by atoms with Crippen LogP contribution in [-0.4, -0.2) is 47.8 Å². The Morgan fingerprint density at radius 2 is 2.12 bits per heavy atom. The molecule has 1 aliphatic carbocycles. The summed E-state index contributed by atoms with van der Waals surface area (Å²) in [6.07, 6.45) is 3.02. The minimum Gasteiger partial charge on any atom is -0.497 e. The van der Waals surface area contributed by atoms with Crippen molar-refractivity contribution in [2.24, 2.45) is 5.92 Å². The number of amides is 1. The van der Waals surface area contributed by atoms with E-state index in [1.807, 2.05) is 26.0 Å². The van der Waals surface area contributed by atoms with Crippen molar-refractivity contribution in [3.05, 3.63) is 29.8 Å². The van der Waals surface area contributed by atoms with Gasteiger partial charge in [-0.15, -0.1) is 0 Å². The number of ether oxygens (including phenoxy) is 1. The lowest BCUT2D eigenvalue weighted by Crippen LogP contribution is -2.41. The van der Waals surface area contributed by atoms with Gasteiger partial charge in [-0.05, 0) is 42.9 Å². The molecule has 1 aromatic carbocycles. The van der Waals surface area contributed by atoms with Gasteiger partial charge >= 0.3 is 0 Å². The molecular formula is C20H30N2O3. The van der Waals surface area contributed by atoms with Gasteiger partial charge in [-0.25, -0.2) is 0 Å². The first-order valence-electron chi connectivity index (χ1n) is 9.36. The third-order valence-corrected chi connectivity index (χ3v) is 5.40. The van der Waals surface area contributed by atoms with Crippen LogP contribution in [0.15, 0.2) is 24.3 Å². The van der Waals surface area contributed by atoms with Crippen LogP contribution in [-0.2, 0) is 4.79 Å². The number of rotatable bonds is 7. The van der Waals surface area contributed by atoms with E-state index < -0.39 is 6.10 Å². The molecule has 2 aliphatic rings. The highest BCUT2D eigenvalue weighted by Gasteiger charge is 2.43. The van der Waals surface area contributed by atoms with Crippen molar-refractivity contribution in [3.63, 3.8) is 0 Å². The number of hydrogen-bond donors (Lipinski definition) is 2. The van der Waals surface area contributed by atoms with Gasteiger partial charge in [0.2, 0.25) is 5.91 Å². The molecule has 138 valence electrons. The minimum absolute atomic E-state index is 0.0586. The average Bonchev–Trinajstić information content (AvgIpc) is 3.35. The van der Waals surface area contributed by atoms with Crippen LogP contribution >= 0.6 is 0 Å². The van der Waals surface area contributed by atoms with E-state index in [1.165, 1.54) is 18.4 Å². The zero-order valence-corrected chi connectivity index (χ0v) is 15.4. The van der Waals surface area contributed by atoms with Gasteiger partial charge in [0.1, 0.15) is 5.75 Å². The molecule has 1 heterocycles. The van der Waals surface area contributed by atoms with Crippen molar-refractivity contribution < 1.29 is 14.6 Å². The number of likely N-dealkylation sites (tertiary alicyclic amines) is 1. The summed E-state index contributed by atoms with van der Waals surface area (Å²) in [5.41, 5.74) is 1.19. The predicted octanol–water partition coefficient (Wildman–Crippen LogP) is 2.50. The van der Waals surface area contributed by atoms with Gasteiger partial charge in [0.15, 0.2) is 0 Å². The minimum atomic E-state index is -0.587. The summed E-state index contributed by atoms with van der Waals surface area (Å²) in [5, 5.41) is 13.2. The van der Waals surface area contributed by atoms with Gasteiger partial charge < -0.3 is 15.2 Å². The number of carbonyl (C=O) groups is 1. The lowest BCUT2D eigenvalue weighted by atomic mass is 9.98. The zero-order valence-electron chi connectivity index (χ0n) is 15.4. The molecule has 2 N–H and O–H groups in total. The molecule has 1 aromatic rings. The molecule has 3 rings (SSSR count). The van der Waals surface area contributed by atoms with Crippen LogP contribution in [0.1, 0.15) is 51.1 Å². The molecular weight excluding hydrogens is 316 g/mol. The Labute approximate surface area is 150 Å². The predicted molar refractivity (Wildman–Crippen MR) is 97.5 cm³/mol. The van der Waals surface area contributed by atoms with E-state index >= 15 is 0 Å². The van der Waals surface area contributed by atoms with Crippen LogP contribution < -0.4 is 10.1 Å². The van der Waals surface area contributed by atoms with E-state index in [1.54, 1.807) is 7.11 Å². The molecule has 25 heavy (non-hydrogen) atoms. The number of aliphatic hydroxyl groups is 1. The van der Waals surface area contributed by atoms with E-state index in [4.69, 9.17) is 4.74 Å².